The highest BCUT2D eigenvalue weighted by atomic mass is 16.4. The van der Waals surface area contributed by atoms with Gasteiger partial charge in [-0.3, -0.25) is 14.5 Å². The molecule has 0 radical (unpaired) electrons. The summed E-state index contributed by atoms with van der Waals surface area (Å²) in [5.41, 5.74) is -0.547. The minimum Gasteiger partial charge on any atom is -0.481 e. The second-order valence-electron chi connectivity index (χ2n) is 7.11. The molecule has 2 fully saturated rings. The Morgan fingerprint density at radius 1 is 1.15 bits per heavy atom. The van der Waals surface area contributed by atoms with Gasteiger partial charge in [0.25, 0.3) is 0 Å². The molecule has 2 saturated heterocycles. The van der Waals surface area contributed by atoms with Crippen molar-refractivity contribution in [1.29, 1.82) is 0 Å². The number of rotatable bonds is 3. The number of aliphatic carboxylic acids is 1. The number of hydrogen-bond donors (Lipinski definition) is 1. The van der Waals surface area contributed by atoms with Gasteiger partial charge in [-0.2, -0.15) is 0 Å². The van der Waals surface area contributed by atoms with Crippen LogP contribution < -0.4 is 0 Å². The molecule has 0 aromatic carbocycles. The van der Waals surface area contributed by atoms with Gasteiger partial charge in [0, 0.05) is 19.1 Å². The Hall–Kier alpha value is -1.10. The van der Waals surface area contributed by atoms with Crippen LogP contribution in [-0.2, 0) is 9.59 Å². The summed E-state index contributed by atoms with van der Waals surface area (Å²) in [6, 6.07) is 0.427. The number of carbonyl (C=O) groups is 2. The molecule has 2 aliphatic heterocycles. The summed E-state index contributed by atoms with van der Waals surface area (Å²) in [5.74, 6) is -2.17. The molecule has 2 atom stereocenters. The van der Waals surface area contributed by atoms with Crippen molar-refractivity contribution in [3.8, 4) is 0 Å². The van der Waals surface area contributed by atoms with Gasteiger partial charge in [-0.05, 0) is 37.8 Å². The molecule has 5 heteroatoms. The highest BCUT2D eigenvalue weighted by Crippen LogP contribution is 2.30. The van der Waals surface area contributed by atoms with Gasteiger partial charge in [-0.25, -0.2) is 0 Å². The summed E-state index contributed by atoms with van der Waals surface area (Å²) in [7, 11) is 0. The number of likely N-dealkylation sites (tertiary alicyclic amines) is 2. The van der Waals surface area contributed by atoms with E-state index in [2.05, 4.69) is 4.90 Å². The van der Waals surface area contributed by atoms with E-state index < -0.39 is 17.3 Å². The zero-order valence-corrected chi connectivity index (χ0v) is 12.8. The van der Waals surface area contributed by atoms with Crippen LogP contribution in [0.5, 0.6) is 0 Å². The Balaban J connectivity index is 2.01. The lowest BCUT2D eigenvalue weighted by molar-refractivity contribution is -0.155. The van der Waals surface area contributed by atoms with Crippen molar-refractivity contribution in [1.82, 2.24) is 9.80 Å². The van der Waals surface area contributed by atoms with Crippen LogP contribution in [0.3, 0.4) is 0 Å². The number of hydrogen-bond acceptors (Lipinski definition) is 3. The second kappa shape index (κ2) is 5.72. The van der Waals surface area contributed by atoms with Crippen molar-refractivity contribution >= 4 is 11.9 Å². The van der Waals surface area contributed by atoms with Crippen molar-refractivity contribution in [2.45, 2.75) is 46.1 Å². The van der Waals surface area contributed by atoms with Crippen LogP contribution in [0.2, 0.25) is 0 Å². The number of nitrogens with zero attached hydrogens (tertiary/aromatic N) is 2. The van der Waals surface area contributed by atoms with Crippen LogP contribution in [0, 0.1) is 11.3 Å². The molecule has 5 nitrogen and oxygen atoms in total. The Bertz CT molecular complexity index is 383. The van der Waals surface area contributed by atoms with Crippen molar-refractivity contribution in [3.63, 3.8) is 0 Å². The van der Waals surface area contributed by atoms with Crippen LogP contribution in [0.25, 0.3) is 0 Å². The van der Waals surface area contributed by atoms with E-state index in [0.29, 0.717) is 19.1 Å². The first-order valence-corrected chi connectivity index (χ1v) is 7.56. The van der Waals surface area contributed by atoms with E-state index >= 15 is 0 Å². The van der Waals surface area contributed by atoms with Crippen LogP contribution in [0.4, 0.5) is 0 Å². The highest BCUT2D eigenvalue weighted by Gasteiger charge is 2.42. The lowest BCUT2D eigenvalue weighted by atomic mass is 9.80. The molecule has 0 aromatic rings. The summed E-state index contributed by atoms with van der Waals surface area (Å²) in [6.07, 6.45) is 3.45. The Kier molecular flexibility index (Phi) is 4.37. The van der Waals surface area contributed by atoms with Crippen LogP contribution in [0.15, 0.2) is 0 Å². The number of carbonyl (C=O) groups excluding carboxylic acids is 1. The Morgan fingerprint density at radius 3 is 2.25 bits per heavy atom. The monoisotopic (exact) mass is 282 g/mol. The molecule has 1 amide bonds. The van der Waals surface area contributed by atoms with Gasteiger partial charge in [0.15, 0.2) is 0 Å². The zero-order chi connectivity index (χ0) is 14.9. The van der Waals surface area contributed by atoms with Gasteiger partial charge < -0.3 is 10.0 Å². The van der Waals surface area contributed by atoms with Crippen molar-refractivity contribution in [2.24, 2.45) is 11.3 Å². The summed E-state index contributed by atoms with van der Waals surface area (Å²) in [4.78, 5) is 28.1. The smallest absolute Gasteiger partial charge is 0.316 e. The molecule has 114 valence electrons. The summed E-state index contributed by atoms with van der Waals surface area (Å²) in [6.45, 7) is 9.08. The van der Waals surface area contributed by atoms with Gasteiger partial charge in [0.2, 0.25) is 5.91 Å². The lowest BCUT2D eigenvalue weighted by Crippen LogP contribution is -2.45. The molecule has 1 N–H and O–H groups in total. The maximum absolute atomic E-state index is 12.5. The first-order chi connectivity index (χ1) is 9.30. The molecule has 20 heavy (non-hydrogen) atoms. The molecule has 0 spiro atoms. The lowest BCUT2D eigenvalue weighted by Gasteiger charge is -2.30. The second-order valence-corrected chi connectivity index (χ2v) is 7.11. The molecule has 0 bridgehead atoms. The molecule has 2 aliphatic rings. The van der Waals surface area contributed by atoms with E-state index in [1.807, 2.05) is 20.8 Å². The minimum absolute atomic E-state index is 0.216. The third-order valence-electron chi connectivity index (χ3n) is 4.49. The number of amides is 1. The standard InChI is InChI=1S/C15H26N2O3/c1-15(2,3)12(14(19)20)13(18)17-9-6-11(10-17)16-7-4-5-8-16/h11-12H,4-10H2,1-3H3,(H,19,20). The van der Waals surface area contributed by atoms with Gasteiger partial charge in [-0.1, -0.05) is 20.8 Å². The van der Waals surface area contributed by atoms with E-state index in [9.17, 15) is 14.7 Å². The topological polar surface area (TPSA) is 60.9 Å². The normalized spacial score (nSPS) is 25.9. The fraction of sp³-hybridized carbons (Fsp3) is 0.867. The Morgan fingerprint density at radius 2 is 1.75 bits per heavy atom. The minimum atomic E-state index is -1.01. The third kappa shape index (κ3) is 3.14. The van der Waals surface area contributed by atoms with E-state index in [1.165, 1.54) is 12.8 Å². The Labute approximate surface area is 120 Å². The van der Waals surface area contributed by atoms with Crippen molar-refractivity contribution in [2.75, 3.05) is 26.2 Å². The third-order valence-corrected chi connectivity index (χ3v) is 4.49. The van der Waals surface area contributed by atoms with Gasteiger partial charge in [0.1, 0.15) is 5.92 Å². The molecule has 0 aromatic heterocycles. The summed E-state index contributed by atoms with van der Waals surface area (Å²) in [5, 5.41) is 9.36. The maximum atomic E-state index is 12.5. The molecule has 0 saturated carbocycles. The molecular weight excluding hydrogens is 256 g/mol. The fourth-order valence-electron chi connectivity index (χ4n) is 3.38. The average Bonchev–Trinajstić information content (AvgIpc) is 2.97. The zero-order valence-electron chi connectivity index (χ0n) is 12.8. The fourth-order valence-corrected chi connectivity index (χ4v) is 3.38. The summed E-state index contributed by atoms with van der Waals surface area (Å²) >= 11 is 0. The van der Waals surface area contributed by atoms with Crippen LogP contribution >= 0.6 is 0 Å². The molecule has 2 heterocycles. The molecular formula is C15H26N2O3. The number of carboxylic acids is 1. The predicted molar refractivity (Wildman–Crippen MR) is 76.4 cm³/mol. The quantitative estimate of drug-likeness (QED) is 0.796. The molecule has 0 aliphatic carbocycles. The van der Waals surface area contributed by atoms with E-state index in [1.54, 1.807) is 4.90 Å². The first kappa shape index (κ1) is 15.3. The van der Waals surface area contributed by atoms with Gasteiger partial charge in [0.05, 0.1) is 0 Å². The maximum Gasteiger partial charge on any atom is 0.316 e. The van der Waals surface area contributed by atoms with E-state index in [4.69, 9.17) is 0 Å². The number of carboxylic acid groups (broad SMARTS) is 1. The SMILES string of the molecule is CC(C)(C)C(C(=O)O)C(=O)N1CCC(N2CCCC2)C1. The van der Waals surface area contributed by atoms with E-state index in [-0.39, 0.29) is 5.91 Å². The average molecular weight is 282 g/mol. The first-order valence-electron chi connectivity index (χ1n) is 7.56. The predicted octanol–water partition coefficient (Wildman–Crippen LogP) is 1.43. The molecule has 2 rings (SSSR count). The van der Waals surface area contributed by atoms with E-state index in [0.717, 1.165) is 19.5 Å². The van der Waals surface area contributed by atoms with Crippen LogP contribution in [0.1, 0.15) is 40.0 Å². The van der Waals surface area contributed by atoms with Crippen LogP contribution in [-0.4, -0.2) is 59.0 Å². The van der Waals surface area contributed by atoms with Gasteiger partial charge >= 0.3 is 5.97 Å². The largest absolute Gasteiger partial charge is 0.481 e. The summed E-state index contributed by atoms with van der Waals surface area (Å²) < 4.78 is 0. The van der Waals surface area contributed by atoms with Gasteiger partial charge in [-0.15, -0.1) is 0 Å². The van der Waals surface area contributed by atoms with Crippen molar-refractivity contribution in [3.05, 3.63) is 0 Å². The van der Waals surface area contributed by atoms with Crippen molar-refractivity contribution < 1.29 is 14.7 Å². The molecule has 2 unspecified atom stereocenters. The highest BCUT2D eigenvalue weighted by molar-refractivity contribution is 5.97.